The van der Waals surface area contributed by atoms with E-state index in [2.05, 4.69) is 10.4 Å². The van der Waals surface area contributed by atoms with E-state index in [1.165, 1.54) is 12.1 Å². The van der Waals surface area contributed by atoms with Gasteiger partial charge in [0.25, 0.3) is 0 Å². The first-order chi connectivity index (χ1) is 12.6. The molecule has 4 rings (SSSR count). The van der Waals surface area contributed by atoms with E-state index in [0.29, 0.717) is 24.9 Å². The minimum atomic E-state index is -0.233. The zero-order chi connectivity index (χ0) is 18.1. The number of hydrogen-bond donors (Lipinski definition) is 1. The first-order valence-electron chi connectivity index (χ1n) is 8.87. The van der Waals surface area contributed by atoms with E-state index in [1.54, 1.807) is 29.2 Å². The van der Waals surface area contributed by atoms with Crippen molar-refractivity contribution in [3.63, 3.8) is 0 Å². The molecule has 2 atom stereocenters. The standard InChI is InChI=1S/C19H22FN3O3/c1-23-9-16(8-21-23)26-18-11-25-10-17(18)22-19(24)14-6-13(7-14)12-2-4-15(20)5-3-12/h2-5,8-9,13-14,17-18H,6-7,10-11H2,1H3,(H,22,24)/t13?,14?,17-,18+/m0/s1. The minimum absolute atomic E-state index is 0.00954. The summed E-state index contributed by atoms with van der Waals surface area (Å²) in [7, 11) is 1.82. The molecule has 7 heteroatoms. The van der Waals surface area contributed by atoms with Crippen molar-refractivity contribution in [1.82, 2.24) is 15.1 Å². The van der Waals surface area contributed by atoms with Gasteiger partial charge in [0.05, 0.1) is 31.6 Å². The van der Waals surface area contributed by atoms with Crippen LogP contribution in [-0.4, -0.2) is 41.0 Å². The smallest absolute Gasteiger partial charge is 0.223 e. The van der Waals surface area contributed by atoms with Crippen molar-refractivity contribution >= 4 is 5.91 Å². The summed E-state index contributed by atoms with van der Waals surface area (Å²) in [6.07, 6.45) is 4.81. The van der Waals surface area contributed by atoms with E-state index < -0.39 is 0 Å². The lowest BCUT2D eigenvalue weighted by Crippen LogP contribution is -2.49. The highest BCUT2D eigenvalue weighted by Gasteiger charge is 2.38. The van der Waals surface area contributed by atoms with Gasteiger partial charge in [0, 0.05) is 13.0 Å². The predicted octanol–water partition coefficient (Wildman–Crippen LogP) is 2.02. The van der Waals surface area contributed by atoms with Gasteiger partial charge in [-0.1, -0.05) is 12.1 Å². The second kappa shape index (κ2) is 7.07. The highest BCUT2D eigenvalue weighted by atomic mass is 19.1. The predicted molar refractivity (Wildman–Crippen MR) is 92.2 cm³/mol. The van der Waals surface area contributed by atoms with Crippen molar-refractivity contribution in [3.05, 3.63) is 48.0 Å². The number of nitrogens with one attached hydrogen (secondary N) is 1. The molecule has 1 aliphatic heterocycles. The fourth-order valence-corrected chi connectivity index (χ4v) is 3.56. The normalized spacial score (nSPS) is 27.8. The molecule has 2 aromatic rings. The molecule has 2 fully saturated rings. The van der Waals surface area contributed by atoms with Crippen LogP contribution in [0.3, 0.4) is 0 Å². The topological polar surface area (TPSA) is 65.4 Å². The second-order valence-electron chi connectivity index (χ2n) is 7.08. The summed E-state index contributed by atoms with van der Waals surface area (Å²) in [5.41, 5.74) is 1.09. The third kappa shape index (κ3) is 3.58. The number of amides is 1. The molecule has 1 aromatic carbocycles. The van der Waals surface area contributed by atoms with E-state index in [-0.39, 0.29) is 29.8 Å². The summed E-state index contributed by atoms with van der Waals surface area (Å²) >= 11 is 0. The third-order valence-corrected chi connectivity index (χ3v) is 5.17. The number of carbonyl (C=O) groups excluding carboxylic acids is 1. The van der Waals surface area contributed by atoms with Crippen LogP contribution in [0.15, 0.2) is 36.7 Å². The summed E-state index contributed by atoms with van der Waals surface area (Å²) in [6.45, 7) is 0.896. The fourth-order valence-electron chi connectivity index (χ4n) is 3.56. The number of aromatic nitrogens is 2. The first-order valence-corrected chi connectivity index (χ1v) is 8.87. The molecule has 2 aliphatic rings. The number of nitrogens with zero attached hydrogens (tertiary/aromatic N) is 2. The van der Waals surface area contributed by atoms with Crippen LogP contribution < -0.4 is 10.1 Å². The number of carbonyl (C=O) groups is 1. The Hall–Kier alpha value is -2.41. The molecule has 0 radical (unpaired) electrons. The highest BCUT2D eigenvalue weighted by Crippen LogP contribution is 2.41. The number of rotatable bonds is 5. The molecule has 1 amide bonds. The van der Waals surface area contributed by atoms with Crippen LogP contribution >= 0.6 is 0 Å². The summed E-state index contributed by atoms with van der Waals surface area (Å²) in [5.74, 6) is 0.794. The van der Waals surface area contributed by atoms with E-state index >= 15 is 0 Å². The summed E-state index contributed by atoms with van der Waals surface area (Å²) < 4.78 is 26.0. The number of ether oxygens (including phenoxy) is 2. The van der Waals surface area contributed by atoms with Gasteiger partial charge in [0.1, 0.15) is 11.9 Å². The van der Waals surface area contributed by atoms with Gasteiger partial charge in [-0.3, -0.25) is 9.48 Å². The Balaban J connectivity index is 1.28. The molecule has 26 heavy (non-hydrogen) atoms. The molecule has 0 bridgehead atoms. The van der Waals surface area contributed by atoms with Crippen LogP contribution in [0.2, 0.25) is 0 Å². The Labute approximate surface area is 151 Å². The number of halogens is 1. The summed E-state index contributed by atoms with van der Waals surface area (Å²) in [6, 6.07) is 6.39. The van der Waals surface area contributed by atoms with Gasteiger partial charge in [-0.2, -0.15) is 5.10 Å². The average Bonchev–Trinajstić information content (AvgIpc) is 3.17. The molecule has 2 heterocycles. The van der Waals surface area contributed by atoms with Crippen molar-refractivity contribution < 1.29 is 18.7 Å². The maximum atomic E-state index is 13.0. The minimum Gasteiger partial charge on any atom is -0.482 e. The van der Waals surface area contributed by atoms with Gasteiger partial charge in [-0.25, -0.2) is 4.39 Å². The lowest BCUT2D eigenvalue weighted by atomic mass is 9.71. The molecule has 0 spiro atoms. The summed E-state index contributed by atoms with van der Waals surface area (Å²) in [5, 5.41) is 7.14. The van der Waals surface area contributed by atoms with Crippen LogP contribution in [0.1, 0.15) is 24.3 Å². The lowest BCUT2D eigenvalue weighted by molar-refractivity contribution is -0.129. The highest BCUT2D eigenvalue weighted by molar-refractivity contribution is 5.80. The average molecular weight is 359 g/mol. The Bertz CT molecular complexity index is 771. The molecular weight excluding hydrogens is 337 g/mol. The zero-order valence-corrected chi connectivity index (χ0v) is 14.6. The number of hydrogen-bond acceptors (Lipinski definition) is 4. The number of benzene rings is 1. The maximum Gasteiger partial charge on any atom is 0.223 e. The van der Waals surface area contributed by atoms with Gasteiger partial charge < -0.3 is 14.8 Å². The fraction of sp³-hybridized carbons (Fsp3) is 0.474. The first kappa shape index (κ1) is 17.0. The van der Waals surface area contributed by atoms with E-state index in [4.69, 9.17) is 9.47 Å². The number of aryl methyl sites for hydroxylation is 1. The SMILES string of the molecule is Cn1cc(O[C@@H]2COC[C@@H]2NC(=O)C2CC(c3ccc(F)cc3)C2)cn1. The second-order valence-corrected chi connectivity index (χ2v) is 7.08. The van der Waals surface area contributed by atoms with Crippen LogP contribution in [0.5, 0.6) is 5.75 Å². The van der Waals surface area contributed by atoms with E-state index in [9.17, 15) is 9.18 Å². The van der Waals surface area contributed by atoms with Crippen LogP contribution in [0.25, 0.3) is 0 Å². The third-order valence-electron chi connectivity index (χ3n) is 5.17. The molecule has 0 unspecified atom stereocenters. The quantitative estimate of drug-likeness (QED) is 0.887. The van der Waals surface area contributed by atoms with Crippen LogP contribution in [-0.2, 0) is 16.6 Å². The van der Waals surface area contributed by atoms with Crippen LogP contribution in [0, 0.1) is 11.7 Å². The molecule has 1 N–H and O–H groups in total. The molecule has 1 aromatic heterocycles. The molecular formula is C19H22FN3O3. The van der Waals surface area contributed by atoms with Crippen LogP contribution in [0.4, 0.5) is 4.39 Å². The van der Waals surface area contributed by atoms with Crippen molar-refractivity contribution in [2.45, 2.75) is 30.9 Å². The van der Waals surface area contributed by atoms with Gasteiger partial charge in [-0.05, 0) is 36.5 Å². The van der Waals surface area contributed by atoms with Gasteiger partial charge in [-0.15, -0.1) is 0 Å². The molecule has 1 saturated carbocycles. The largest absolute Gasteiger partial charge is 0.482 e. The van der Waals surface area contributed by atoms with E-state index in [0.717, 1.165) is 18.4 Å². The van der Waals surface area contributed by atoms with Gasteiger partial charge >= 0.3 is 0 Å². The van der Waals surface area contributed by atoms with Gasteiger partial charge in [0.2, 0.25) is 5.91 Å². The Kier molecular flexibility index (Phi) is 4.63. The van der Waals surface area contributed by atoms with E-state index in [1.807, 2.05) is 7.05 Å². The van der Waals surface area contributed by atoms with Gasteiger partial charge in [0.15, 0.2) is 5.75 Å². The van der Waals surface area contributed by atoms with Crippen molar-refractivity contribution in [2.75, 3.05) is 13.2 Å². The molecule has 1 aliphatic carbocycles. The van der Waals surface area contributed by atoms with Crippen molar-refractivity contribution in [3.8, 4) is 5.75 Å². The molecule has 6 nitrogen and oxygen atoms in total. The monoisotopic (exact) mass is 359 g/mol. The van der Waals surface area contributed by atoms with Crippen molar-refractivity contribution in [2.24, 2.45) is 13.0 Å². The maximum absolute atomic E-state index is 13.0. The Morgan fingerprint density at radius 2 is 2.08 bits per heavy atom. The lowest BCUT2D eigenvalue weighted by Gasteiger charge is -2.35. The molecule has 138 valence electrons. The zero-order valence-electron chi connectivity index (χ0n) is 14.6. The summed E-state index contributed by atoms with van der Waals surface area (Å²) in [4.78, 5) is 12.5. The molecule has 1 saturated heterocycles. The van der Waals surface area contributed by atoms with Crippen molar-refractivity contribution in [1.29, 1.82) is 0 Å². The Morgan fingerprint density at radius 3 is 2.77 bits per heavy atom. The Morgan fingerprint density at radius 1 is 1.31 bits per heavy atom.